The van der Waals surface area contributed by atoms with Crippen LogP contribution in [-0.4, -0.2) is 43.9 Å². The first-order valence-electron chi connectivity index (χ1n) is 10.4. The number of hydrogen-bond donors (Lipinski definition) is 1. The monoisotopic (exact) mass is 415 g/mol. The zero-order valence-electron chi connectivity index (χ0n) is 16.9. The number of ether oxygens (including phenoxy) is 1. The average Bonchev–Trinajstić information content (AvgIpc) is 3.29. The van der Waals surface area contributed by atoms with Gasteiger partial charge in [0.25, 0.3) is 0 Å². The standard InChI is InChI=1S/C22H29N3O3S/c1-17-6-8-18(9-7-17)22-19(5-4-14-28-22)15-23-21-11-10-20(16-24-21)29(26,27)25-12-2-3-13-25/h6-11,16,19,22H,2-5,12-15H2,1H3,(H,23,24). The van der Waals surface area contributed by atoms with Crippen molar-refractivity contribution in [3.05, 3.63) is 53.7 Å². The maximum absolute atomic E-state index is 12.6. The first-order valence-corrected chi connectivity index (χ1v) is 11.9. The summed E-state index contributed by atoms with van der Waals surface area (Å²) in [5.41, 5.74) is 2.45. The maximum Gasteiger partial charge on any atom is 0.244 e. The Morgan fingerprint density at radius 2 is 1.86 bits per heavy atom. The van der Waals surface area contributed by atoms with Gasteiger partial charge in [0, 0.05) is 38.4 Å². The number of nitrogens with one attached hydrogen (secondary N) is 1. The molecule has 0 spiro atoms. The topological polar surface area (TPSA) is 71.5 Å². The molecule has 4 rings (SSSR count). The first-order chi connectivity index (χ1) is 14.0. The van der Waals surface area contributed by atoms with Crippen molar-refractivity contribution >= 4 is 15.8 Å². The van der Waals surface area contributed by atoms with Crippen molar-refractivity contribution in [3.63, 3.8) is 0 Å². The number of anilines is 1. The van der Waals surface area contributed by atoms with Gasteiger partial charge in [-0.1, -0.05) is 29.8 Å². The molecule has 2 fully saturated rings. The van der Waals surface area contributed by atoms with Crippen molar-refractivity contribution in [3.8, 4) is 0 Å². The third-order valence-electron chi connectivity index (χ3n) is 5.84. The molecule has 0 bridgehead atoms. The van der Waals surface area contributed by atoms with Gasteiger partial charge in [0.1, 0.15) is 10.7 Å². The van der Waals surface area contributed by atoms with Crippen LogP contribution in [0, 0.1) is 12.8 Å². The van der Waals surface area contributed by atoms with E-state index >= 15 is 0 Å². The Bertz CT molecular complexity index is 907. The van der Waals surface area contributed by atoms with Crippen molar-refractivity contribution in [2.45, 2.75) is 43.6 Å². The van der Waals surface area contributed by atoms with Crippen LogP contribution < -0.4 is 5.32 Å². The molecule has 29 heavy (non-hydrogen) atoms. The van der Waals surface area contributed by atoms with E-state index in [9.17, 15) is 8.42 Å². The highest BCUT2D eigenvalue weighted by Gasteiger charge is 2.29. The van der Waals surface area contributed by atoms with Gasteiger partial charge in [0.2, 0.25) is 10.0 Å². The van der Waals surface area contributed by atoms with E-state index in [0.29, 0.717) is 24.8 Å². The van der Waals surface area contributed by atoms with Gasteiger partial charge >= 0.3 is 0 Å². The molecule has 0 aliphatic carbocycles. The molecule has 2 saturated heterocycles. The predicted molar refractivity (Wildman–Crippen MR) is 113 cm³/mol. The normalized spacial score (nSPS) is 23.2. The number of hydrogen-bond acceptors (Lipinski definition) is 5. The zero-order valence-corrected chi connectivity index (χ0v) is 17.7. The predicted octanol–water partition coefficient (Wildman–Crippen LogP) is 3.75. The molecule has 6 nitrogen and oxygen atoms in total. The lowest BCUT2D eigenvalue weighted by Crippen LogP contribution is -2.29. The van der Waals surface area contributed by atoms with Crippen LogP contribution in [0.15, 0.2) is 47.5 Å². The Kier molecular flexibility index (Phi) is 6.18. The number of nitrogens with zero attached hydrogens (tertiary/aromatic N) is 2. The van der Waals surface area contributed by atoms with Gasteiger partial charge < -0.3 is 10.1 Å². The fourth-order valence-electron chi connectivity index (χ4n) is 4.13. The van der Waals surface area contributed by atoms with E-state index in [1.54, 1.807) is 16.4 Å². The Balaban J connectivity index is 1.40. The van der Waals surface area contributed by atoms with E-state index in [1.807, 2.05) is 0 Å². The second-order valence-corrected chi connectivity index (χ2v) is 9.91. The molecule has 1 aromatic heterocycles. The molecule has 0 saturated carbocycles. The van der Waals surface area contributed by atoms with Crippen LogP contribution in [0.2, 0.25) is 0 Å². The third kappa shape index (κ3) is 4.63. The number of aryl methyl sites for hydroxylation is 1. The quantitative estimate of drug-likeness (QED) is 0.778. The molecule has 0 amide bonds. The Morgan fingerprint density at radius 3 is 2.55 bits per heavy atom. The van der Waals surface area contributed by atoms with E-state index in [-0.39, 0.29) is 11.0 Å². The van der Waals surface area contributed by atoms with Crippen LogP contribution in [0.5, 0.6) is 0 Å². The molecule has 156 valence electrons. The highest BCUT2D eigenvalue weighted by Crippen LogP contribution is 2.34. The molecule has 7 heteroatoms. The second kappa shape index (κ2) is 8.81. The Labute approximate surface area is 173 Å². The van der Waals surface area contributed by atoms with Crippen molar-refractivity contribution in [1.82, 2.24) is 9.29 Å². The largest absolute Gasteiger partial charge is 0.373 e. The van der Waals surface area contributed by atoms with Crippen LogP contribution in [0.3, 0.4) is 0 Å². The van der Waals surface area contributed by atoms with Gasteiger partial charge in [-0.05, 0) is 50.3 Å². The zero-order chi connectivity index (χ0) is 20.3. The number of pyridine rings is 1. The molecule has 0 radical (unpaired) electrons. The van der Waals surface area contributed by atoms with Gasteiger partial charge in [-0.3, -0.25) is 0 Å². The Hall–Kier alpha value is -1.96. The minimum atomic E-state index is -3.42. The van der Waals surface area contributed by atoms with Crippen LogP contribution in [0.4, 0.5) is 5.82 Å². The summed E-state index contributed by atoms with van der Waals surface area (Å²) in [4.78, 5) is 4.62. The molecule has 2 atom stereocenters. The third-order valence-corrected chi connectivity index (χ3v) is 7.72. The highest BCUT2D eigenvalue weighted by molar-refractivity contribution is 7.89. The molecule has 2 unspecified atom stereocenters. The summed E-state index contributed by atoms with van der Waals surface area (Å²) in [6.45, 7) is 4.82. The summed E-state index contributed by atoms with van der Waals surface area (Å²) >= 11 is 0. The molecule has 1 aromatic carbocycles. The van der Waals surface area contributed by atoms with Gasteiger partial charge in [-0.25, -0.2) is 13.4 Å². The van der Waals surface area contributed by atoms with Crippen molar-refractivity contribution in [1.29, 1.82) is 0 Å². The smallest absolute Gasteiger partial charge is 0.244 e. The molecular weight excluding hydrogens is 386 g/mol. The van der Waals surface area contributed by atoms with Gasteiger partial charge in [0.05, 0.1) is 6.10 Å². The fourth-order valence-corrected chi connectivity index (χ4v) is 5.59. The summed E-state index contributed by atoms with van der Waals surface area (Å²) in [6, 6.07) is 12.0. The molecule has 1 N–H and O–H groups in total. The Morgan fingerprint density at radius 1 is 1.10 bits per heavy atom. The average molecular weight is 416 g/mol. The summed E-state index contributed by atoms with van der Waals surface area (Å²) in [5, 5.41) is 3.37. The summed E-state index contributed by atoms with van der Waals surface area (Å²) < 4.78 is 32.9. The van der Waals surface area contributed by atoms with E-state index in [4.69, 9.17) is 4.74 Å². The molecule has 2 aromatic rings. The summed E-state index contributed by atoms with van der Waals surface area (Å²) in [6.07, 6.45) is 5.54. The van der Waals surface area contributed by atoms with E-state index in [0.717, 1.165) is 38.8 Å². The fraction of sp³-hybridized carbons (Fsp3) is 0.500. The molecule has 2 aliphatic rings. The van der Waals surface area contributed by atoms with Crippen LogP contribution in [0.25, 0.3) is 0 Å². The number of aromatic nitrogens is 1. The number of sulfonamides is 1. The lowest BCUT2D eigenvalue weighted by atomic mass is 9.89. The number of rotatable bonds is 6. The first kappa shape index (κ1) is 20.3. The van der Waals surface area contributed by atoms with Crippen LogP contribution >= 0.6 is 0 Å². The minimum absolute atomic E-state index is 0.0756. The highest BCUT2D eigenvalue weighted by atomic mass is 32.2. The minimum Gasteiger partial charge on any atom is -0.373 e. The maximum atomic E-state index is 12.6. The van der Waals surface area contributed by atoms with E-state index < -0.39 is 10.0 Å². The van der Waals surface area contributed by atoms with E-state index in [2.05, 4.69) is 41.5 Å². The molecule has 2 aliphatic heterocycles. The van der Waals surface area contributed by atoms with Crippen molar-refractivity contribution in [2.75, 3.05) is 31.6 Å². The lowest BCUT2D eigenvalue weighted by Gasteiger charge is -2.32. The van der Waals surface area contributed by atoms with Crippen molar-refractivity contribution in [2.24, 2.45) is 5.92 Å². The van der Waals surface area contributed by atoms with Gasteiger partial charge in [-0.2, -0.15) is 4.31 Å². The SMILES string of the molecule is Cc1ccc(C2OCCCC2CNc2ccc(S(=O)(=O)N3CCCC3)cn2)cc1. The lowest BCUT2D eigenvalue weighted by molar-refractivity contribution is -0.0238. The van der Waals surface area contributed by atoms with Gasteiger partial charge in [0.15, 0.2) is 0 Å². The van der Waals surface area contributed by atoms with Crippen LogP contribution in [-0.2, 0) is 14.8 Å². The van der Waals surface area contributed by atoms with Gasteiger partial charge in [-0.15, -0.1) is 0 Å². The molecule has 3 heterocycles. The summed E-state index contributed by atoms with van der Waals surface area (Å²) in [7, 11) is -3.42. The number of benzene rings is 1. The van der Waals surface area contributed by atoms with E-state index in [1.165, 1.54) is 17.3 Å². The molecular formula is C22H29N3O3S. The summed E-state index contributed by atoms with van der Waals surface area (Å²) in [5.74, 6) is 1.04. The second-order valence-electron chi connectivity index (χ2n) is 7.98. The van der Waals surface area contributed by atoms with Crippen molar-refractivity contribution < 1.29 is 13.2 Å². The van der Waals surface area contributed by atoms with Crippen LogP contribution in [0.1, 0.15) is 42.9 Å².